The maximum atomic E-state index is 12.3. The monoisotopic (exact) mass is 348 g/mol. The number of pyridine rings is 1. The highest BCUT2D eigenvalue weighted by Gasteiger charge is 2.22. The Morgan fingerprint density at radius 2 is 1.83 bits per heavy atom. The number of piperazine rings is 1. The van der Waals surface area contributed by atoms with Crippen LogP contribution in [0.5, 0.6) is 5.75 Å². The van der Waals surface area contributed by atoms with E-state index in [1.807, 2.05) is 17.0 Å². The van der Waals surface area contributed by atoms with E-state index in [0.29, 0.717) is 31.9 Å². The smallest absolute Gasteiger partial charge is 0.228 e. The SMILES string of the molecule is Cl.Nc1ccc(CC(=O)N2CCN(c3ccccc3O)CC2)nc1. The summed E-state index contributed by atoms with van der Waals surface area (Å²) in [6, 6.07) is 10.8. The highest BCUT2D eigenvalue weighted by atomic mass is 35.5. The lowest BCUT2D eigenvalue weighted by Gasteiger charge is -2.36. The van der Waals surface area contributed by atoms with Crippen LogP contribution in [-0.4, -0.2) is 47.1 Å². The van der Waals surface area contributed by atoms with Gasteiger partial charge in [-0.2, -0.15) is 0 Å². The zero-order valence-electron chi connectivity index (χ0n) is 13.3. The van der Waals surface area contributed by atoms with E-state index in [9.17, 15) is 9.90 Å². The number of amides is 1. The number of phenols is 1. The van der Waals surface area contributed by atoms with Gasteiger partial charge in [-0.15, -0.1) is 12.4 Å². The first-order valence-corrected chi connectivity index (χ1v) is 7.64. The van der Waals surface area contributed by atoms with Crippen molar-refractivity contribution in [3.63, 3.8) is 0 Å². The molecular formula is C17H21ClN4O2. The molecule has 0 spiro atoms. The number of phenolic OH excluding ortho intramolecular Hbond substituents is 1. The number of aromatic hydroxyl groups is 1. The molecule has 6 nitrogen and oxygen atoms in total. The summed E-state index contributed by atoms with van der Waals surface area (Å²) >= 11 is 0. The summed E-state index contributed by atoms with van der Waals surface area (Å²) in [6.07, 6.45) is 1.86. The van der Waals surface area contributed by atoms with Crippen LogP contribution in [0.1, 0.15) is 5.69 Å². The number of halogens is 1. The van der Waals surface area contributed by atoms with E-state index < -0.39 is 0 Å². The van der Waals surface area contributed by atoms with Gasteiger partial charge in [0.25, 0.3) is 0 Å². The van der Waals surface area contributed by atoms with Crippen molar-refractivity contribution >= 4 is 29.7 Å². The zero-order chi connectivity index (χ0) is 16.2. The second-order valence-corrected chi connectivity index (χ2v) is 5.62. The molecule has 1 saturated heterocycles. The van der Waals surface area contributed by atoms with E-state index in [2.05, 4.69) is 9.88 Å². The summed E-state index contributed by atoms with van der Waals surface area (Å²) in [5.41, 5.74) is 7.74. The second-order valence-electron chi connectivity index (χ2n) is 5.62. The van der Waals surface area contributed by atoms with Gasteiger partial charge >= 0.3 is 0 Å². The maximum absolute atomic E-state index is 12.3. The molecule has 7 heteroatoms. The predicted octanol–water partition coefficient (Wildman–Crippen LogP) is 1.68. The Labute approximate surface area is 147 Å². The molecule has 1 amide bonds. The molecular weight excluding hydrogens is 328 g/mol. The van der Waals surface area contributed by atoms with E-state index >= 15 is 0 Å². The van der Waals surface area contributed by atoms with Crippen LogP contribution in [0.3, 0.4) is 0 Å². The molecule has 0 atom stereocenters. The van der Waals surface area contributed by atoms with Gasteiger partial charge in [0.05, 0.1) is 24.0 Å². The molecule has 0 bridgehead atoms. The molecule has 0 aliphatic carbocycles. The summed E-state index contributed by atoms with van der Waals surface area (Å²) in [7, 11) is 0. The average Bonchev–Trinajstić information content (AvgIpc) is 2.57. The van der Waals surface area contributed by atoms with Gasteiger partial charge in [-0.3, -0.25) is 9.78 Å². The highest BCUT2D eigenvalue weighted by Crippen LogP contribution is 2.27. The Balaban J connectivity index is 0.00000208. The normalized spacial score (nSPS) is 14.2. The molecule has 128 valence electrons. The minimum Gasteiger partial charge on any atom is -0.506 e. The predicted molar refractivity (Wildman–Crippen MR) is 96.5 cm³/mol. The molecule has 1 aromatic heterocycles. The number of para-hydroxylation sites is 2. The van der Waals surface area contributed by atoms with Crippen molar-refractivity contribution in [2.75, 3.05) is 36.8 Å². The Morgan fingerprint density at radius 1 is 1.12 bits per heavy atom. The van der Waals surface area contributed by atoms with Crippen LogP contribution in [0.15, 0.2) is 42.6 Å². The molecule has 24 heavy (non-hydrogen) atoms. The molecule has 2 aromatic rings. The maximum Gasteiger partial charge on any atom is 0.228 e. The number of nitrogens with zero attached hydrogens (tertiary/aromatic N) is 3. The molecule has 0 unspecified atom stereocenters. The lowest BCUT2D eigenvalue weighted by atomic mass is 10.2. The number of nitrogen functional groups attached to an aromatic ring is 1. The van der Waals surface area contributed by atoms with Crippen LogP contribution in [0, 0.1) is 0 Å². The number of carbonyl (C=O) groups is 1. The van der Waals surface area contributed by atoms with Crippen LogP contribution in [0.2, 0.25) is 0 Å². The summed E-state index contributed by atoms with van der Waals surface area (Å²) in [5, 5.41) is 9.91. The lowest BCUT2D eigenvalue weighted by molar-refractivity contribution is -0.130. The first-order valence-electron chi connectivity index (χ1n) is 7.64. The van der Waals surface area contributed by atoms with Gasteiger partial charge in [-0.25, -0.2) is 0 Å². The standard InChI is InChI=1S/C17H20N4O2.ClH/c18-13-5-6-14(19-12-13)11-17(23)21-9-7-20(8-10-21)15-3-1-2-4-16(15)22;/h1-6,12,22H,7-11,18H2;1H. The number of nitrogens with two attached hydrogens (primary N) is 1. The molecule has 0 radical (unpaired) electrons. The number of hydrogen-bond acceptors (Lipinski definition) is 5. The van der Waals surface area contributed by atoms with E-state index in [1.165, 1.54) is 0 Å². The van der Waals surface area contributed by atoms with Crippen molar-refractivity contribution < 1.29 is 9.90 Å². The van der Waals surface area contributed by atoms with Crippen LogP contribution < -0.4 is 10.6 Å². The third-order valence-electron chi connectivity index (χ3n) is 4.03. The molecule has 2 heterocycles. The van der Waals surface area contributed by atoms with Gasteiger partial charge < -0.3 is 20.6 Å². The van der Waals surface area contributed by atoms with Gasteiger partial charge in [0.2, 0.25) is 5.91 Å². The number of carbonyl (C=O) groups excluding carboxylic acids is 1. The minimum absolute atomic E-state index is 0. The molecule has 0 saturated carbocycles. The van der Waals surface area contributed by atoms with Crippen molar-refractivity contribution in [1.29, 1.82) is 0 Å². The average molecular weight is 349 g/mol. The van der Waals surface area contributed by atoms with Crippen molar-refractivity contribution in [2.24, 2.45) is 0 Å². The van der Waals surface area contributed by atoms with E-state index in [4.69, 9.17) is 5.73 Å². The van der Waals surface area contributed by atoms with Gasteiger partial charge in [0, 0.05) is 31.9 Å². The Kier molecular flexibility index (Phi) is 5.87. The fourth-order valence-corrected chi connectivity index (χ4v) is 2.74. The first kappa shape index (κ1) is 17.9. The summed E-state index contributed by atoms with van der Waals surface area (Å²) in [5.74, 6) is 0.345. The van der Waals surface area contributed by atoms with Crippen molar-refractivity contribution in [1.82, 2.24) is 9.88 Å². The Hall–Kier alpha value is -2.47. The number of anilines is 2. The van der Waals surface area contributed by atoms with E-state index in [0.717, 1.165) is 11.4 Å². The molecule has 1 aliphatic rings. The number of benzene rings is 1. The number of rotatable bonds is 3. The third kappa shape index (κ3) is 4.08. The third-order valence-corrected chi connectivity index (χ3v) is 4.03. The van der Waals surface area contributed by atoms with Gasteiger partial charge in [-0.1, -0.05) is 12.1 Å². The molecule has 1 aromatic carbocycles. The van der Waals surface area contributed by atoms with Crippen molar-refractivity contribution in [3.8, 4) is 5.75 Å². The fraction of sp³-hybridized carbons (Fsp3) is 0.294. The van der Waals surface area contributed by atoms with Crippen LogP contribution >= 0.6 is 12.4 Å². The topological polar surface area (TPSA) is 82.7 Å². The molecule has 1 aliphatic heterocycles. The van der Waals surface area contributed by atoms with Crippen LogP contribution in [0.25, 0.3) is 0 Å². The number of aromatic nitrogens is 1. The number of hydrogen-bond donors (Lipinski definition) is 2. The first-order chi connectivity index (χ1) is 11.1. The van der Waals surface area contributed by atoms with E-state index in [1.54, 1.807) is 30.5 Å². The fourth-order valence-electron chi connectivity index (χ4n) is 2.74. The minimum atomic E-state index is 0. The lowest BCUT2D eigenvalue weighted by Crippen LogP contribution is -2.49. The Bertz CT molecular complexity index is 685. The molecule has 1 fully saturated rings. The zero-order valence-corrected chi connectivity index (χ0v) is 14.1. The van der Waals surface area contributed by atoms with Crippen molar-refractivity contribution in [3.05, 3.63) is 48.3 Å². The van der Waals surface area contributed by atoms with E-state index in [-0.39, 0.29) is 30.5 Å². The Morgan fingerprint density at radius 3 is 2.46 bits per heavy atom. The summed E-state index contributed by atoms with van der Waals surface area (Å²) < 4.78 is 0. The molecule has 3 N–H and O–H groups in total. The van der Waals surface area contributed by atoms with Gasteiger partial charge in [0.15, 0.2) is 0 Å². The van der Waals surface area contributed by atoms with Gasteiger partial charge in [-0.05, 0) is 24.3 Å². The van der Waals surface area contributed by atoms with Crippen LogP contribution in [0.4, 0.5) is 11.4 Å². The largest absolute Gasteiger partial charge is 0.506 e. The van der Waals surface area contributed by atoms with Crippen molar-refractivity contribution in [2.45, 2.75) is 6.42 Å². The molecule has 3 rings (SSSR count). The second kappa shape index (κ2) is 7.88. The van der Waals surface area contributed by atoms with Gasteiger partial charge in [0.1, 0.15) is 5.75 Å². The quantitative estimate of drug-likeness (QED) is 0.881. The summed E-state index contributed by atoms with van der Waals surface area (Å²) in [6.45, 7) is 2.70. The van der Waals surface area contributed by atoms with Crippen LogP contribution in [-0.2, 0) is 11.2 Å². The summed E-state index contributed by atoms with van der Waals surface area (Å²) in [4.78, 5) is 20.5. The highest BCUT2D eigenvalue weighted by molar-refractivity contribution is 5.85.